The van der Waals surface area contributed by atoms with E-state index in [0.29, 0.717) is 5.56 Å². The number of nitrogens with zero attached hydrogens (tertiary/aromatic N) is 1. The average molecular weight is 313 g/mol. The Morgan fingerprint density at radius 3 is 2.48 bits per heavy atom. The number of hydrogen-bond acceptors (Lipinski definition) is 3. The van der Waals surface area contributed by atoms with Gasteiger partial charge in [-0.3, -0.25) is 0 Å². The molecule has 0 saturated carbocycles. The molecule has 1 aromatic carbocycles. The zero-order valence-corrected chi connectivity index (χ0v) is 11.9. The Hall–Kier alpha value is -2.21. The van der Waals surface area contributed by atoms with E-state index >= 15 is 0 Å². The van der Waals surface area contributed by atoms with Gasteiger partial charge in [0.1, 0.15) is 11.5 Å². The zero-order chi connectivity index (χ0) is 15.9. The topological polar surface area (TPSA) is 76.2 Å². The number of nitrogen functional groups attached to an aromatic ring is 1. The fraction of sp³-hybridized carbons (Fsp3) is 0.143. The van der Waals surface area contributed by atoms with E-state index in [9.17, 15) is 13.6 Å². The van der Waals surface area contributed by atoms with Gasteiger partial charge >= 0.3 is 5.97 Å². The number of pyridine rings is 1. The van der Waals surface area contributed by atoms with E-state index in [-0.39, 0.29) is 16.8 Å². The summed E-state index contributed by atoms with van der Waals surface area (Å²) in [5, 5.41) is 8.54. The molecule has 0 unspecified atom stereocenters. The predicted octanol–water partition coefficient (Wildman–Crippen LogP) is 3.58. The van der Waals surface area contributed by atoms with Crippen molar-refractivity contribution >= 4 is 23.3 Å². The minimum absolute atomic E-state index is 0.126. The van der Waals surface area contributed by atoms with Gasteiger partial charge in [0.15, 0.2) is 11.5 Å². The lowest BCUT2D eigenvalue weighted by molar-refractivity contribution is 0.0691. The number of halogens is 3. The molecule has 0 fully saturated rings. The number of rotatable bonds is 2. The quantitative estimate of drug-likeness (QED) is 0.888. The first-order chi connectivity index (χ1) is 9.75. The number of aryl methyl sites for hydroxylation is 1. The molecule has 2 rings (SSSR count). The minimum atomic E-state index is -1.45. The molecule has 0 aliphatic heterocycles. The number of nitrogens with two attached hydrogens (primary N) is 1. The molecule has 3 N–H and O–H groups in total. The summed E-state index contributed by atoms with van der Waals surface area (Å²) in [6.07, 6.45) is 0. The Bertz CT molecular complexity index is 763. The first-order valence-corrected chi connectivity index (χ1v) is 6.27. The summed E-state index contributed by atoms with van der Waals surface area (Å²) < 4.78 is 28.1. The van der Waals surface area contributed by atoms with Crippen LogP contribution in [0.3, 0.4) is 0 Å². The van der Waals surface area contributed by atoms with Gasteiger partial charge in [0.05, 0.1) is 10.7 Å². The van der Waals surface area contributed by atoms with E-state index in [1.807, 2.05) is 0 Å². The van der Waals surface area contributed by atoms with E-state index in [1.165, 1.54) is 19.1 Å². The molecule has 0 bridgehead atoms. The van der Waals surface area contributed by atoms with Crippen molar-refractivity contribution in [3.8, 4) is 11.3 Å². The molecule has 4 nitrogen and oxygen atoms in total. The predicted molar refractivity (Wildman–Crippen MR) is 75.4 cm³/mol. The summed E-state index contributed by atoms with van der Waals surface area (Å²) in [4.78, 5) is 14.8. The van der Waals surface area contributed by atoms with Crippen LogP contribution in [0.25, 0.3) is 11.3 Å². The summed E-state index contributed by atoms with van der Waals surface area (Å²) in [6, 6.07) is 2.90. The van der Waals surface area contributed by atoms with E-state index in [4.69, 9.17) is 22.4 Å². The van der Waals surface area contributed by atoms with Gasteiger partial charge in [-0.2, -0.15) is 0 Å². The third-order valence-corrected chi connectivity index (χ3v) is 3.53. The van der Waals surface area contributed by atoms with Crippen LogP contribution in [0, 0.1) is 25.5 Å². The fourth-order valence-corrected chi connectivity index (χ4v) is 2.16. The van der Waals surface area contributed by atoms with Gasteiger partial charge in [-0.1, -0.05) is 23.7 Å². The minimum Gasteiger partial charge on any atom is -0.476 e. The standard InChI is InChI=1S/C14H11ClF2N2O2/c1-5-3-4-7(6(2)9(5)16)12-10(17)11(18)8(15)13(19-12)14(20)21/h3-4H,1-2H3,(H2,18,19)(H,20,21). The van der Waals surface area contributed by atoms with Crippen molar-refractivity contribution < 1.29 is 18.7 Å². The van der Waals surface area contributed by atoms with Crippen LogP contribution in [-0.4, -0.2) is 16.1 Å². The second-order valence-corrected chi connectivity index (χ2v) is 4.90. The van der Waals surface area contributed by atoms with Crippen molar-refractivity contribution in [2.24, 2.45) is 0 Å². The Morgan fingerprint density at radius 2 is 1.90 bits per heavy atom. The molecule has 1 heterocycles. The normalized spacial score (nSPS) is 10.7. The highest BCUT2D eigenvalue weighted by molar-refractivity contribution is 6.35. The number of aromatic nitrogens is 1. The zero-order valence-electron chi connectivity index (χ0n) is 11.2. The molecule has 0 atom stereocenters. The summed E-state index contributed by atoms with van der Waals surface area (Å²) in [5.74, 6) is -2.94. The molecule has 2 aromatic rings. The largest absolute Gasteiger partial charge is 0.476 e. The van der Waals surface area contributed by atoms with Crippen LogP contribution in [0.2, 0.25) is 5.02 Å². The van der Waals surface area contributed by atoms with E-state index in [0.717, 1.165) is 0 Å². The molecule has 110 valence electrons. The average Bonchev–Trinajstić information content (AvgIpc) is 2.43. The number of carboxylic acids is 1. The van der Waals surface area contributed by atoms with Crippen molar-refractivity contribution in [2.75, 3.05) is 5.73 Å². The summed E-state index contributed by atoms with van der Waals surface area (Å²) in [6.45, 7) is 3.01. The number of hydrogen-bond donors (Lipinski definition) is 2. The van der Waals surface area contributed by atoms with E-state index in [1.54, 1.807) is 6.92 Å². The van der Waals surface area contributed by atoms with Gasteiger partial charge in [-0.15, -0.1) is 0 Å². The number of carboxylic acid groups (broad SMARTS) is 1. The Morgan fingerprint density at radius 1 is 1.29 bits per heavy atom. The lowest BCUT2D eigenvalue weighted by atomic mass is 10.0. The highest BCUT2D eigenvalue weighted by Gasteiger charge is 2.23. The van der Waals surface area contributed by atoms with Crippen LogP contribution in [0.15, 0.2) is 12.1 Å². The maximum Gasteiger partial charge on any atom is 0.356 e. The van der Waals surface area contributed by atoms with Crippen LogP contribution < -0.4 is 5.73 Å². The third-order valence-electron chi connectivity index (χ3n) is 3.15. The monoisotopic (exact) mass is 312 g/mol. The lowest BCUT2D eigenvalue weighted by Gasteiger charge is -2.12. The van der Waals surface area contributed by atoms with Gasteiger partial charge in [-0.05, 0) is 25.0 Å². The number of aromatic carboxylic acids is 1. The van der Waals surface area contributed by atoms with Crippen molar-refractivity contribution in [2.45, 2.75) is 13.8 Å². The van der Waals surface area contributed by atoms with Crippen LogP contribution >= 0.6 is 11.6 Å². The Kier molecular flexibility index (Phi) is 3.82. The molecule has 0 aliphatic rings. The molecule has 0 spiro atoms. The lowest BCUT2D eigenvalue weighted by Crippen LogP contribution is -2.09. The Balaban J connectivity index is 2.82. The summed E-state index contributed by atoms with van der Waals surface area (Å²) in [5.41, 5.74) is 4.69. The van der Waals surface area contributed by atoms with Gasteiger partial charge < -0.3 is 10.8 Å². The fourth-order valence-electron chi connectivity index (χ4n) is 1.96. The number of carbonyl (C=O) groups is 1. The SMILES string of the molecule is Cc1ccc(-c2nc(C(=O)O)c(Cl)c(N)c2F)c(C)c1F. The molecule has 21 heavy (non-hydrogen) atoms. The third kappa shape index (κ3) is 2.42. The maximum absolute atomic E-state index is 14.2. The van der Waals surface area contributed by atoms with Gasteiger partial charge in [0.2, 0.25) is 0 Å². The second-order valence-electron chi connectivity index (χ2n) is 4.52. The first-order valence-electron chi connectivity index (χ1n) is 5.89. The number of benzene rings is 1. The summed E-state index contributed by atoms with van der Waals surface area (Å²) in [7, 11) is 0. The first kappa shape index (κ1) is 15.2. The van der Waals surface area contributed by atoms with Crippen LogP contribution in [0.1, 0.15) is 21.6 Å². The second kappa shape index (κ2) is 5.29. The number of anilines is 1. The van der Waals surface area contributed by atoms with Crippen molar-refractivity contribution in [1.82, 2.24) is 4.98 Å². The maximum atomic E-state index is 14.2. The van der Waals surface area contributed by atoms with E-state index in [2.05, 4.69) is 4.98 Å². The van der Waals surface area contributed by atoms with Crippen molar-refractivity contribution in [1.29, 1.82) is 0 Å². The summed E-state index contributed by atoms with van der Waals surface area (Å²) >= 11 is 5.67. The Labute approximate surface area is 124 Å². The van der Waals surface area contributed by atoms with Crippen molar-refractivity contribution in [3.05, 3.63) is 45.6 Å². The smallest absolute Gasteiger partial charge is 0.356 e. The molecule has 1 aromatic heterocycles. The molecule has 7 heteroatoms. The van der Waals surface area contributed by atoms with Gasteiger partial charge in [0.25, 0.3) is 0 Å². The van der Waals surface area contributed by atoms with Crippen LogP contribution in [0.4, 0.5) is 14.5 Å². The molecule has 0 radical (unpaired) electrons. The molecular formula is C14H11ClF2N2O2. The van der Waals surface area contributed by atoms with Crippen LogP contribution in [0.5, 0.6) is 0 Å². The molecular weight excluding hydrogens is 302 g/mol. The van der Waals surface area contributed by atoms with Crippen molar-refractivity contribution in [3.63, 3.8) is 0 Å². The molecule has 0 saturated heterocycles. The highest BCUT2D eigenvalue weighted by Crippen LogP contribution is 2.34. The molecule has 0 amide bonds. The van der Waals surface area contributed by atoms with E-state index < -0.39 is 34.0 Å². The van der Waals surface area contributed by atoms with Gasteiger partial charge in [-0.25, -0.2) is 18.6 Å². The van der Waals surface area contributed by atoms with Crippen LogP contribution in [-0.2, 0) is 0 Å². The highest BCUT2D eigenvalue weighted by atomic mass is 35.5. The van der Waals surface area contributed by atoms with Gasteiger partial charge in [0, 0.05) is 5.56 Å². The molecule has 0 aliphatic carbocycles.